The Hall–Kier alpha value is -1.42. The van der Waals surface area contributed by atoms with Crippen molar-refractivity contribution in [3.05, 3.63) is 48.4 Å². The van der Waals surface area contributed by atoms with Crippen LogP contribution in [0.4, 0.5) is 11.4 Å². The molecule has 2 nitrogen and oxygen atoms in total. The Bertz CT molecular complexity index is 571. The molecule has 4 heteroatoms. The van der Waals surface area contributed by atoms with E-state index in [1.807, 2.05) is 0 Å². The Balaban J connectivity index is 2.03. The van der Waals surface area contributed by atoms with Crippen molar-refractivity contribution in [3.8, 4) is 0 Å². The number of halogens is 1. The van der Waals surface area contributed by atoms with Gasteiger partial charge in [-0.05, 0) is 23.9 Å². The van der Waals surface area contributed by atoms with Gasteiger partial charge in [0.1, 0.15) is 0 Å². The van der Waals surface area contributed by atoms with Crippen LogP contribution in [0.1, 0.15) is 6.42 Å². The maximum atomic E-state index is 4.15. The number of nitrogens with one attached hydrogen (secondary N) is 2. The van der Waals surface area contributed by atoms with Crippen molar-refractivity contribution in [1.82, 2.24) is 0 Å². The number of allylic oxidation sites excluding steroid dienone is 1. The first kappa shape index (κ1) is 11.7. The van der Waals surface area contributed by atoms with E-state index < -0.39 is 0 Å². The van der Waals surface area contributed by atoms with Crippen LogP contribution in [-0.4, -0.2) is 12.3 Å². The summed E-state index contributed by atoms with van der Waals surface area (Å²) < 4.78 is 0. The number of benzene rings is 2. The van der Waals surface area contributed by atoms with Gasteiger partial charge >= 0.3 is 6.98 Å². The van der Waals surface area contributed by atoms with Crippen molar-refractivity contribution in [1.29, 1.82) is 0 Å². The molecule has 0 saturated heterocycles. The predicted octanol–water partition coefficient (Wildman–Crippen LogP) is 4.05. The van der Waals surface area contributed by atoms with E-state index >= 15 is 0 Å². The lowest BCUT2D eigenvalue weighted by molar-refractivity contribution is 1.22. The van der Waals surface area contributed by atoms with Crippen molar-refractivity contribution in [2.45, 2.75) is 6.42 Å². The quantitative estimate of drug-likeness (QED) is 0.660. The highest BCUT2D eigenvalue weighted by molar-refractivity contribution is 9.09. The lowest BCUT2D eigenvalue weighted by Crippen LogP contribution is -2.39. The maximum absolute atomic E-state index is 4.15. The second-order valence-corrected chi connectivity index (χ2v) is 5.32. The van der Waals surface area contributed by atoms with E-state index in [0.717, 1.165) is 11.8 Å². The van der Waals surface area contributed by atoms with Gasteiger partial charge in [0, 0.05) is 22.1 Å². The molecule has 0 radical (unpaired) electrons. The highest BCUT2D eigenvalue weighted by Crippen LogP contribution is 2.34. The van der Waals surface area contributed by atoms with Crippen molar-refractivity contribution in [2.24, 2.45) is 0 Å². The van der Waals surface area contributed by atoms with Crippen LogP contribution >= 0.6 is 15.9 Å². The molecule has 0 bridgehead atoms. The van der Waals surface area contributed by atoms with Crippen LogP contribution in [0.2, 0.25) is 0 Å². The van der Waals surface area contributed by atoms with Crippen LogP contribution in [0.5, 0.6) is 0 Å². The summed E-state index contributed by atoms with van der Waals surface area (Å²) in [7, 11) is 0. The zero-order valence-electron chi connectivity index (χ0n) is 10.0. The van der Waals surface area contributed by atoms with Crippen molar-refractivity contribution in [2.75, 3.05) is 15.8 Å². The molecular formula is C14H14BBrN2. The second kappa shape index (κ2) is 4.69. The predicted molar refractivity (Wildman–Crippen MR) is 84.5 cm³/mol. The number of anilines is 2. The summed E-state index contributed by atoms with van der Waals surface area (Å²) in [6, 6.07) is 12.7. The zero-order valence-corrected chi connectivity index (χ0v) is 11.6. The number of alkyl halides is 1. The molecule has 0 unspecified atom stereocenters. The first-order valence-electron chi connectivity index (χ1n) is 6.08. The van der Waals surface area contributed by atoms with Gasteiger partial charge in [0.15, 0.2) is 0 Å². The van der Waals surface area contributed by atoms with Crippen molar-refractivity contribution < 1.29 is 0 Å². The Labute approximate surface area is 116 Å². The Morgan fingerprint density at radius 2 is 1.72 bits per heavy atom. The molecule has 18 heavy (non-hydrogen) atoms. The molecule has 1 heterocycles. The molecule has 3 rings (SSSR count). The van der Waals surface area contributed by atoms with E-state index in [4.69, 9.17) is 0 Å². The van der Waals surface area contributed by atoms with Gasteiger partial charge in [0.25, 0.3) is 0 Å². The van der Waals surface area contributed by atoms with E-state index in [0.29, 0.717) is 0 Å². The molecule has 0 spiro atoms. The van der Waals surface area contributed by atoms with Gasteiger partial charge < -0.3 is 10.5 Å². The summed E-state index contributed by atoms with van der Waals surface area (Å²) >= 11 is 3.46. The smallest absolute Gasteiger partial charge is 0.401 e. The summed E-state index contributed by atoms with van der Waals surface area (Å²) in [4.78, 5) is 0. The fraction of sp³-hybridized carbons (Fsp3) is 0.143. The molecule has 0 fully saturated rings. The zero-order chi connectivity index (χ0) is 12.5. The lowest BCUT2D eigenvalue weighted by Gasteiger charge is -2.27. The number of hydrogen-bond acceptors (Lipinski definition) is 2. The van der Waals surface area contributed by atoms with Gasteiger partial charge in [-0.3, -0.25) is 0 Å². The minimum absolute atomic E-state index is 0.114. The van der Waals surface area contributed by atoms with E-state index in [2.05, 4.69) is 69.4 Å². The van der Waals surface area contributed by atoms with E-state index in [1.54, 1.807) is 0 Å². The van der Waals surface area contributed by atoms with E-state index in [1.165, 1.54) is 27.6 Å². The van der Waals surface area contributed by atoms with Crippen molar-refractivity contribution >= 4 is 45.1 Å². The van der Waals surface area contributed by atoms with E-state index in [-0.39, 0.29) is 6.98 Å². The fourth-order valence-electron chi connectivity index (χ4n) is 2.40. The van der Waals surface area contributed by atoms with Crippen LogP contribution in [0.15, 0.2) is 48.4 Å². The monoisotopic (exact) mass is 300 g/mol. The Morgan fingerprint density at radius 3 is 2.28 bits per heavy atom. The highest BCUT2D eigenvalue weighted by atomic mass is 79.9. The van der Waals surface area contributed by atoms with Gasteiger partial charge in [-0.25, -0.2) is 0 Å². The van der Waals surface area contributed by atoms with Gasteiger partial charge in [0.2, 0.25) is 0 Å². The average molecular weight is 301 g/mol. The van der Waals surface area contributed by atoms with Crippen LogP contribution in [0.25, 0.3) is 10.8 Å². The van der Waals surface area contributed by atoms with Crippen LogP contribution in [0.3, 0.4) is 0 Å². The number of hydrogen-bond donors (Lipinski definition) is 2. The van der Waals surface area contributed by atoms with Crippen LogP contribution < -0.4 is 10.5 Å². The molecule has 90 valence electrons. The molecule has 2 aromatic carbocycles. The first-order chi connectivity index (χ1) is 8.79. The van der Waals surface area contributed by atoms with Crippen LogP contribution in [0, 0.1) is 0 Å². The Kier molecular flexibility index (Phi) is 3.04. The largest absolute Gasteiger partial charge is 0.405 e. The molecule has 0 aromatic heterocycles. The SMILES string of the molecule is C=C(CCBr)B1Nc2cccc3cccc(c23)N1. The summed E-state index contributed by atoms with van der Waals surface area (Å²) in [6.07, 6.45) is 0.961. The molecule has 0 saturated carbocycles. The minimum atomic E-state index is 0.114. The second-order valence-electron chi connectivity index (χ2n) is 4.53. The summed E-state index contributed by atoms with van der Waals surface area (Å²) in [5.74, 6) is 0. The molecular weight excluding hydrogens is 287 g/mol. The third-order valence-corrected chi connectivity index (χ3v) is 3.72. The third kappa shape index (κ3) is 1.91. The lowest BCUT2D eigenvalue weighted by atomic mass is 9.65. The fourth-order valence-corrected chi connectivity index (χ4v) is 2.91. The van der Waals surface area contributed by atoms with Gasteiger partial charge in [-0.2, -0.15) is 0 Å². The topological polar surface area (TPSA) is 24.1 Å². The summed E-state index contributed by atoms with van der Waals surface area (Å²) in [5.41, 5.74) is 3.53. The number of rotatable bonds is 3. The molecule has 2 N–H and O–H groups in total. The van der Waals surface area contributed by atoms with E-state index in [9.17, 15) is 0 Å². The Morgan fingerprint density at radius 1 is 1.11 bits per heavy atom. The molecule has 0 amide bonds. The normalized spacial score (nSPS) is 13.1. The van der Waals surface area contributed by atoms with Gasteiger partial charge in [0.05, 0.1) is 0 Å². The molecule has 0 atom stereocenters. The molecule has 1 aliphatic rings. The standard InChI is InChI=1S/C14H14BBrN2/c1-10(8-9-16)15-17-12-6-2-4-11-5-3-7-13(18-15)14(11)12/h2-7,17-18H,1,8-9H2. The first-order valence-corrected chi connectivity index (χ1v) is 7.20. The minimum Gasteiger partial charge on any atom is -0.405 e. The molecule has 2 aromatic rings. The maximum Gasteiger partial charge on any atom is 0.401 e. The summed E-state index contributed by atoms with van der Waals surface area (Å²) in [5, 5.41) is 10.5. The highest BCUT2D eigenvalue weighted by Gasteiger charge is 2.25. The average Bonchev–Trinajstić information content (AvgIpc) is 2.39. The summed E-state index contributed by atoms with van der Waals surface area (Å²) in [6.45, 7) is 4.26. The third-order valence-electron chi connectivity index (χ3n) is 3.33. The van der Waals surface area contributed by atoms with Gasteiger partial charge in [-0.15, -0.1) is 6.58 Å². The molecule has 1 aliphatic heterocycles. The molecule has 0 aliphatic carbocycles. The van der Waals surface area contributed by atoms with Crippen LogP contribution in [-0.2, 0) is 0 Å². The van der Waals surface area contributed by atoms with Gasteiger partial charge in [-0.1, -0.05) is 45.7 Å². The van der Waals surface area contributed by atoms with Crippen molar-refractivity contribution in [3.63, 3.8) is 0 Å².